The fraction of sp³-hybridized carbons (Fsp3) is 0.750. The first-order valence-electron chi connectivity index (χ1n) is 3.98. The van der Waals surface area contributed by atoms with Gasteiger partial charge in [0.2, 0.25) is 0 Å². The molecule has 0 rings (SSSR count). The van der Waals surface area contributed by atoms with E-state index in [9.17, 15) is 9.59 Å². The Morgan fingerprint density at radius 3 is 2.38 bits per heavy atom. The second-order valence-corrected chi connectivity index (χ2v) is 2.88. The van der Waals surface area contributed by atoms with Gasteiger partial charge in [-0.2, -0.15) is 0 Å². The lowest BCUT2D eigenvalue weighted by Crippen LogP contribution is -2.45. The Labute approximate surface area is 77.1 Å². The predicted octanol–water partition coefficient (Wildman–Crippen LogP) is -0.0716. The third-order valence-corrected chi connectivity index (χ3v) is 1.75. The summed E-state index contributed by atoms with van der Waals surface area (Å²) < 4.78 is 4.34. The quantitative estimate of drug-likeness (QED) is 0.649. The van der Waals surface area contributed by atoms with E-state index in [-0.39, 0.29) is 18.3 Å². The molecule has 0 aromatic carbocycles. The number of rotatable bonds is 4. The maximum absolute atomic E-state index is 11.0. The smallest absolute Gasteiger partial charge is 0.407 e. The standard InChI is InChI=1S/C8H15NO4/c1-5(4-10)7(6(2)11)9-8(12)13-3/h5,7,10H,4H2,1-3H3,(H,9,12). The van der Waals surface area contributed by atoms with Crippen LogP contribution < -0.4 is 5.32 Å². The SMILES string of the molecule is COC(=O)NC(C(C)=O)C(C)CO. The van der Waals surface area contributed by atoms with Crippen molar-refractivity contribution in [2.45, 2.75) is 19.9 Å². The van der Waals surface area contributed by atoms with Gasteiger partial charge in [0.15, 0.2) is 5.78 Å². The van der Waals surface area contributed by atoms with Crippen LogP contribution in [0.2, 0.25) is 0 Å². The first-order valence-corrected chi connectivity index (χ1v) is 3.98. The average Bonchev–Trinajstić information content (AvgIpc) is 2.11. The maximum Gasteiger partial charge on any atom is 0.407 e. The molecule has 0 aliphatic heterocycles. The second-order valence-electron chi connectivity index (χ2n) is 2.88. The molecule has 0 saturated heterocycles. The van der Waals surface area contributed by atoms with Crippen molar-refractivity contribution in [1.29, 1.82) is 0 Å². The molecule has 2 N–H and O–H groups in total. The van der Waals surface area contributed by atoms with Crippen molar-refractivity contribution in [3.63, 3.8) is 0 Å². The number of Topliss-reactive ketones (excluding diaryl/α,β-unsaturated/α-hetero) is 1. The molecular weight excluding hydrogens is 174 g/mol. The minimum absolute atomic E-state index is 0.158. The van der Waals surface area contributed by atoms with Crippen molar-refractivity contribution < 1.29 is 19.4 Å². The number of amides is 1. The number of aliphatic hydroxyl groups is 1. The minimum Gasteiger partial charge on any atom is -0.453 e. The Hall–Kier alpha value is -1.10. The molecule has 1 amide bonds. The van der Waals surface area contributed by atoms with Crippen molar-refractivity contribution >= 4 is 11.9 Å². The number of ether oxygens (including phenoxy) is 1. The molecule has 5 heteroatoms. The number of hydrogen-bond acceptors (Lipinski definition) is 4. The van der Waals surface area contributed by atoms with E-state index in [0.717, 1.165) is 0 Å². The number of carbonyl (C=O) groups is 2. The lowest BCUT2D eigenvalue weighted by molar-refractivity contribution is -0.120. The fourth-order valence-corrected chi connectivity index (χ4v) is 0.936. The van der Waals surface area contributed by atoms with Crippen LogP contribution in [0, 0.1) is 5.92 Å². The van der Waals surface area contributed by atoms with Gasteiger partial charge in [-0.15, -0.1) is 0 Å². The van der Waals surface area contributed by atoms with E-state index >= 15 is 0 Å². The summed E-state index contributed by atoms with van der Waals surface area (Å²) in [6, 6.07) is -0.683. The molecule has 0 aromatic rings. The second kappa shape index (κ2) is 5.53. The Kier molecular flexibility index (Phi) is 5.06. The van der Waals surface area contributed by atoms with E-state index in [1.54, 1.807) is 6.92 Å². The molecular formula is C8H15NO4. The highest BCUT2D eigenvalue weighted by Crippen LogP contribution is 2.03. The molecule has 0 saturated carbocycles. The number of alkyl carbamates (subject to hydrolysis) is 1. The highest BCUT2D eigenvalue weighted by molar-refractivity contribution is 5.85. The van der Waals surface area contributed by atoms with Gasteiger partial charge < -0.3 is 15.2 Å². The number of methoxy groups -OCH3 is 1. The van der Waals surface area contributed by atoms with Crippen LogP contribution in [0.3, 0.4) is 0 Å². The molecule has 5 nitrogen and oxygen atoms in total. The summed E-state index contributed by atoms with van der Waals surface area (Å²) in [5.41, 5.74) is 0. The normalized spacial score (nSPS) is 14.5. The number of ketones is 1. The average molecular weight is 189 g/mol. The van der Waals surface area contributed by atoms with E-state index in [1.165, 1.54) is 14.0 Å². The molecule has 76 valence electrons. The molecule has 0 spiro atoms. The summed E-state index contributed by atoms with van der Waals surface area (Å²) in [6.45, 7) is 2.86. The lowest BCUT2D eigenvalue weighted by Gasteiger charge is -2.19. The van der Waals surface area contributed by atoms with Crippen LogP contribution in [0.1, 0.15) is 13.8 Å². The zero-order valence-corrected chi connectivity index (χ0v) is 8.03. The van der Waals surface area contributed by atoms with E-state index in [0.29, 0.717) is 0 Å². The van der Waals surface area contributed by atoms with Crippen molar-refractivity contribution in [3.05, 3.63) is 0 Å². The van der Waals surface area contributed by atoms with Gasteiger partial charge in [0.05, 0.1) is 13.2 Å². The van der Waals surface area contributed by atoms with Crippen molar-refractivity contribution in [1.82, 2.24) is 5.32 Å². The summed E-state index contributed by atoms with van der Waals surface area (Å²) in [7, 11) is 1.22. The molecule has 0 aliphatic carbocycles. The first-order chi connectivity index (χ1) is 6.02. The van der Waals surface area contributed by atoms with E-state index in [1.807, 2.05) is 0 Å². The van der Waals surface area contributed by atoms with Crippen LogP contribution in [0.5, 0.6) is 0 Å². The minimum atomic E-state index is -0.683. The summed E-state index contributed by atoms with van der Waals surface area (Å²) in [5, 5.41) is 11.1. The molecule has 0 radical (unpaired) electrons. The third kappa shape index (κ3) is 3.89. The summed E-state index contributed by atoms with van der Waals surface area (Å²) in [6.07, 6.45) is -0.666. The molecule has 0 bridgehead atoms. The molecule has 0 aromatic heterocycles. The largest absolute Gasteiger partial charge is 0.453 e. The maximum atomic E-state index is 11.0. The Bertz CT molecular complexity index is 193. The van der Waals surface area contributed by atoms with Crippen LogP contribution in [-0.4, -0.2) is 36.7 Å². The topological polar surface area (TPSA) is 75.6 Å². The van der Waals surface area contributed by atoms with Gasteiger partial charge in [0.25, 0.3) is 0 Å². The Morgan fingerprint density at radius 1 is 1.54 bits per heavy atom. The lowest BCUT2D eigenvalue weighted by atomic mass is 10.00. The van der Waals surface area contributed by atoms with Crippen molar-refractivity contribution in [2.24, 2.45) is 5.92 Å². The molecule has 0 fully saturated rings. The van der Waals surface area contributed by atoms with Crippen LogP contribution in [0.4, 0.5) is 4.79 Å². The van der Waals surface area contributed by atoms with E-state index in [2.05, 4.69) is 10.1 Å². The zero-order valence-electron chi connectivity index (χ0n) is 8.03. The zero-order chi connectivity index (χ0) is 10.4. The first kappa shape index (κ1) is 11.9. The van der Waals surface area contributed by atoms with Gasteiger partial charge in [-0.25, -0.2) is 4.79 Å². The van der Waals surface area contributed by atoms with Gasteiger partial charge >= 0.3 is 6.09 Å². The highest BCUT2D eigenvalue weighted by Gasteiger charge is 2.23. The summed E-state index contributed by atoms with van der Waals surface area (Å²) in [4.78, 5) is 21.8. The third-order valence-electron chi connectivity index (χ3n) is 1.75. The molecule has 0 aliphatic rings. The summed E-state index contributed by atoms with van der Waals surface area (Å²) >= 11 is 0. The number of nitrogens with one attached hydrogen (secondary N) is 1. The predicted molar refractivity (Wildman–Crippen MR) is 46.3 cm³/mol. The Balaban J connectivity index is 4.26. The van der Waals surface area contributed by atoms with Gasteiger partial charge in [-0.05, 0) is 6.92 Å². The number of carbonyl (C=O) groups excluding carboxylic acids is 2. The van der Waals surface area contributed by atoms with Crippen LogP contribution in [-0.2, 0) is 9.53 Å². The van der Waals surface area contributed by atoms with Crippen molar-refractivity contribution in [3.8, 4) is 0 Å². The van der Waals surface area contributed by atoms with Crippen LogP contribution in [0.15, 0.2) is 0 Å². The molecule has 0 heterocycles. The van der Waals surface area contributed by atoms with E-state index in [4.69, 9.17) is 5.11 Å². The van der Waals surface area contributed by atoms with E-state index < -0.39 is 12.1 Å². The summed E-state index contributed by atoms with van der Waals surface area (Å²) in [5.74, 6) is -0.511. The molecule has 2 unspecified atom stereocenters. The van der Waals surface area contributed by atoms with Crippen LogP contribution >= 0.6 is 0 Å². The van der Waals surface area contributed by atoms with Gasteiger partial charge in [-0.3, -0.25) is 4.79 Å². The van der Waals surface area contributed by atoms with Gasteiger partial charge in [0.1, 0.15) is 0 Å². The van der Waals surface area contributed by atoms with Gasteiger partial charge in [-0.1, -0.05) is 6.92 Å². The van der Waals surface area contributed by atoms with Gasteiger partial charge in [0, 0.05) is 12.5 Å². The molecule has 13 heavy (non-hydrogen) atoms. The highest BCUT2D eigenvalue weighted by atomic mass is 16.5. The Morgan fingerprint density at radius 2 is 2.08 bits per heavy atom. The van der Waals surface area contributed by atoms with Crippen LogP contribution in [0.25, 0.3) is 0 Å². The van der Waals surface area contributed by atoms with Crippen molar-refractivity contribution in [2.75, 3.05) is 13.7 Å². The fourth-order valence-electron chi connectivity index (χ4n) is 0.936. The number of aliphatic hydroxyl groups excluding tert-OH is 1. The molecule has 2 atom stereocenters. The monoisotopic (exact) mass is 189 g/mol. The number of hydrogen-bond donors (Lipinski definition) is 2.